The summed E-state index contributed by atoms with van der Waals surface area (Å²) < 4.78 is 0. The molecule has 30 heavy (non-hydrogen) atoms. The number of nitrogens with one attached hydrogen (secondary N) is 2. The Morgan fingerprint density at radius 2 is 1.50 bits per heavy atom. The molecule has 166 valence electrons. The van der Waals surface area contributed by atoms with Gasteiger partial charge in [0, 0.05) is 38.3 Å². The van der Waals surface area contributed by atoms with Crippen LogP contribution in [0.2, 0.25) is 0 Å². The molecule has 2 aliphatic rings. The maximum absolute atomic E-state index is 12.6. The lowest BCUT2D eigenvalue weighted by atomic mass is 10.1. The van der Waals surface area contributed by atoms with Crippen molar-refractivity contribution in [3.05, 3.63) is 35.4 Å². The molecule has 0 bridgehead atoms. The Hall–Kier alpha value is -1.84. The molecule has 2 saturated heterocycles. The van der Waals surface area contributed by atoms with E-state index in [0.717, 1.165) is 69.5 Å². The molecule has 2 heterocycles. The van der Waals surface area contributed by atoms with Crippen molar-refractivity contribution in [3.63, 3.8) is 0 Å². The topological polar surface area (TPSA) is 77.0 Å². The smallest absolute Gasteiger partial charge is 0.253 e. The lowest BCUT2D eigenvalue weighted by molar-refractivity contribution is -0.128. The Bertz CT molecular complexity index is 711. The zero-order valence-corrected chi connectivity index (χ0v) is 20.2. The van der Waals surface area contributed by atoms with E-state index in [1.165, 1.54) is 6.42 Å². The average molecular weight is 527 g/mol. The first-order chi connectivity index (χ1) is 14.2. The van der Waals surface area contributed by atoms with Crippen molar-refractivity contribution in [2.75, 3.05) is 39.3 Å². The van der Waals surface area contributed by atoms with E-state index in [-0.39, 0.29) is 42.3 Å². The minimum Gasteiger partial charge on any atom is -0.357 e. The van der Waals surface area contributed by atoms with Crippen LogP contribution in [0.1, 0.15) is 54.9 Å². The number of carbonyl (C=O) groups excluding carboxylic acids is 2. The number of hydrogen-bond donors (Lipinski definition) is 2. The van der Waals surface area contributed by atoms with E-state index in [2.05, 4.69) is 15.6 Å². The minimum atomic E-state index is 0. The van der Waals surface area contributed by atoms with Crippen LogP contribution in [0.15, 0.2) is 29.3 Å². The Morgan fingerprint density at radius 3 is 2.13 bits per heavy atom. The van der Waals surface area contributed by atoms with E-state index in [1.54, 1.807) is 0 Å². The number of guanidine groups is 1. The Balaban J connectivity index is 0.00000320. The number of benzene rings is 1. The summed E-state index contributed by atoms with van der Waals surface area (Å²) in [6, 6.07) is 7.69. The summed E-state index contributed by atoms with van der Waals surface area (Å²) in [7, 11) is 0. The van der Waals surface area contributed by atoms with Gasteiger partial charge in [-0.1, -0.05) is 12.1 Å². The van der Waals surface area contributed by atoms with Crippen molar-refractivity contribution in [1.82, 2.24) is 20.4 Å². The van der Waals surface area contributed by atoms with Gasteiger partial charge in [-0.3, -0.25) is 9.59 Å². The molecule has 3 rings (SSSR count). The Morgan fingerprint density at radius 1 is 0.900 bits per heavy atom. The molecule has 0 unspecified atom stereocenters. The summed E-state index contributed by atoms with van der Waals surface area (Å²) in [5.41, 5.74) is 1.77. The van der Waals surface area contributed by atoms with E-state index < -0.39 is 0 Å². The molecule has 0 spiro atoms. The van der Waals surface area contributed by atoms with Gasteiger partial charge in [0.25, 0.3) is 5.91 Å². The number of carbonyl (C=O) groups is 2. The third-order valence-corrected chi connectivity index (χ3v) is 5.47. The highest BCUT2D eigenvalue weighted by atomic mass is 127. The van der Waals surface area contributed by atoms with Gasteiger partial charge in [0.15, 0.2) is 5.96 Å². The van der Waals surface area contributed by atoms with Gasteiger partial charge in [0.1, 0.15) is 0 Å². The van der Waals surface area contributed by atoms with Crippen LogP contribution in [-0.2, 0) is 11.3 Å². The quantitative estimate of drug-likeness (QED) is 0.339. The van der Waals surface area contributed by atoms with Crippen LogP contribution in [0.4, 0.5) is 0 Å². The van der Waals surface area contributed by atoms with Crippen molar-refractivity contribution in [2.24, 2.45) is 4.99 Å². The maximum atomic E-state index is 12.6. The van der Waals surface area contributed by atoms with E-state index in [0.29, 0.717) is 12.5 Å². The molecule has 2 aliphatic heterocycles. The molecular weight excluding hydrogens is 493 g/mol. The van der Waals surface area contributed by atoms with Crippen molar-refractivity contribution in [1.29, 1.82) is 0 Å². The first kappa shape index (κ1) is 24.4. The van der Waals surface area contributed by atoms with Crippen LogP contribution in [-0.4, -0.2) is 66.8 Å². The number of halogens is 1. The molecule has 8 heteroatoms. The molecule has 0 aromatic heterocycles. The highest BCUT2D eigenvalue weighted by Crippen LogP contribution is 2.14. The minimum absolute atomic E-state index is 0. The van der Waals surface area contributed by atoms with Crippen LogP contribution in [0.5, 0.6) is 0 Å². The fourth-order valence-corrected chi connectivity index (χ4v) is 3.78. The summed E-state index contributed by atoms with van der Waals surface area (Å²) >= 11 is 0. The molecule has 2 N–H and O–H groups in total. The monoisotopic (exact) mass is 527 g/mol. The fourth-order valence-electron chi connectivity index (χ4n) is 3.78. The van der Waals surface area contributed by atoms with Crippen molar-refractivity contribution in [2.45, 2.75) is 45.6 Å². The number of piperidine rings is 1. The average Bonchev–Trinajstić information content (AvgIpc) is 3.31. The molecule has 1 aromatic carbocycles. The second kappa shape index (κ2) is 12.8. The van der Waals surface area contributed by atoms with E-state index >= 15 is 0 Å². The second-order valence-corrected chi connectivity index (χ2v) is 7.69. The number of nitrogens with zero attached hydrogens (tertiary/aromatic N) is 3. The van der Waals surface area contributed by atoms with Gasteiger partial charge in [-0.05, 0) is 56.7 Å². The number of rotatable bonds is 6. The molecule has 0 radical (unpaired) electrons. The van der Waals surface area contributed by atoms with Crippen molar-refractivity contribution < 1.29 is 9.59 Å². The third kappa shape index (κ3) is 7.14. The zero-order valence-electron chi connectivity index (χ0n) is 17.9. The van der Waals surface area contributed by atoms with Crippen molar-refractivity contribution >= 4 is 41.8 Å². The van der Waals surface area contributed by atoms with E-state index in [1.807, 2.05) is 41.0 Å². The van der Waals surface area contributed by atoms with Gasteiger partial charge in [0.05, 0.1) is 13.1 Å². The van der Waals surface area contributed by atoms with Gasteiger partial charge in [-0.15, -0.1) is 24.0 Å². The molecule has 1 aromatic rings. The van der Waals surface area contributed by atoms with Gasteiger partial charge in [-0.25, -0.2) is 4.99 Å². The highest BCUT2D eigenvalue weighted by molar-refractivity contribution is 14.0. The predicted octanol–water partition coefficient (Wildman–Crippen LogP) is 2.61. The lowest BCUT2D eigenvalue weighted by Crippen LogP contribution is -2.44. The first-order valence-electron chi connectivity index (χ1n) is 10.9. The van der Waals surface area contributed by atoms with Gasteiger partial charge in [-0.2, -0.15) is 0 Å². The van der Waals surface area contributed by atoms with Gasteiger partial charge in [0.2, 0.25) is 5.91 Å². The molecule has 7 nitrogen and oxygen atoms in total. The SMILES string of the molecule is CCNC(=NCc1ccc(C(=O)N2CCCCC2)cc1)NCC(=O)N1CCCC1.I. The third-order valence-electron chi connectivity index (χ3n) is 5.47. The summed E-state index contributed by atoms with van der Waals surface area (Å²) in [5.74, 6) is 0.873. The van der Waals surface area contributed by atoms with Gasteiger partial charge >= 0.3 is 0 Å². The molecule has 0 saturated carbocycles. The normalized spacial score (nSPS) is 16.8. The Labute approximate surface area is 196 Å². The number of likely N-dealkylation sites (tertiary alicyclic amines) is 2. The fraction of sp³-hybridized carbons (Fsp3) is 0.591. The Kier molecular flexibility index (Phi) is 10.4. The van der Waals surface area contributed by atoms with E-state index in [9.17, 15) is 9.59 Å². The summed E-state index contributed by atoms with van der Waals surface area (Å²) in [6.45, 7) is 6.92. The summed E-state index contributed by atoms with van der Waals surface area (Å²) in [5, 5.41) is 6.31. The van der Waals surface area contributed by atoms with E-state index in [4.69, 9.17) is 0 Å². The maximum Gasteiger partial charge on any atom is 0.253 e. The number of aliphatic imine (C=N–C) groups is 1. The van der Waals surface area contributed by atoms with Gasteiger partial charge < -0.3 is 20.4 Å². The number of hydrogen-bond acceptors (Lipinski definition) is 3. The summed E-state index contributed by atoms with van der Waals surface area (Å²) in [6.07, 6.45) is 5.59. The zero-order chi connectivity index (χ0) is 20.5. The largest absolute Gasteiger partial charge is 0.357 e. The van der Waals surface area contributed by atoms with Crippen LogP contribution in [0.3, 0.4) is 0 Å². The molecule has 0 aliphatic carbocycles. The predicted molar refractivity (Wildman–Crippen MR) is 130 cm³/mol. The van der Waals surface area contributed by atoms with Crippen LogP contribution in [0, 0.1) is 0 Å². The molecule has 2 fully saturated rings. The molecular formula is C22H34IN5O2. The molecule has 0 atom stereocenters. The van der Waals surface area contributed by atoms with Crippen molar-refractivity contribution in [3.8, 4) is 0 Å². The second-order valence-electron chi connectivity index (χ2n) is 7.69. The lowest BCUT2D eigenvalue weighted by Gasteiger charge is -2.26. The van der Waals surface area contributed by atoms with Crippen LogP contribution >= 0.6 is 24.0 Å². The van der Waals surface area contributed by atoms with Crippen LogP contribution < -0.4 is 10.6 Å². The standard InChI is InChI=1S/C22H33N5O2.HI/c1-2-23-22(25-17-20(28)26-12-6-7-13-26)24-16-18-8-10-19(11-9-18)21(29)27-14-4-3-5-15-27;/h8-11H,2-7,12-17H2,1H3,(H2,23,24,25);1H. The molecule has 2 amide bonds. The van der Waals surface area contributed by atoms with Crippen LogP contribution in [0.25, 0.3) is 0 Å². The number of amides is 2. The highest BCUT2D eigenvalue weighted by Gasteiger charge is 2.18. The summed E-state index contributed by atoms with van der Waals surface area (Å²) in [4.78, 5) is 33.2. The first-order valence-corrected chi connectivity index (χ1v) is 10.9.